The molecule has 0 unspecified atom stereocenters. The molecule has 0 heterocycles. The van der Waals surface area contributed by atoms with Gasteiger partial charge in [0.25, 0.3) is 0 Å². The SMILES string of the molecule is CCOc1c(Cl)cccc1NCC(=O)Nc1ccccc1SCC#N. The highest BCUT2D eigenvalue weighted by molar-refractivity contribution is 7.99. The lowest BCUT2D eigenvalue weighted by molar-refractivity contribution is -0.114. The maximum absolute atomic E-state index is 12.2. The first-order valence-corrected chi connectivity index (χ1v) is 9.06. The predicted molar refractivity (Wildman–Crippen MR) is 103 cm³/mol. The highest BCUT2D eigenvalue weighted by Crippen LogP contribution is 2.32. The first-order chi connectivity index (χ1) is 12.2. The van der Waals surface area contributed by atoms with E-state index in [9.17, 15) is 4.79 Å². The zero-order valence-corrected chi connectivity index (χ0v) is 15.3. The van der Waals surface area contributed by atoms with E-state index in [0.717, 1.165) is 4.90 Å². The van der Waals surface area contributed by atoms with Crippen molar-refractivity contribution in [2.75, 3.05) is 29.5 Å². The predicted octanol–water partition coefficient (Wildman–Crippen LogP) is 4.40. The summed E-state index contributed by atoms with van der Waals surface area (Å²) in [5.74, 6) is 0.655. The average Bonchev–Trinajstić information content (AvgIpc) is 2.61. The van der Waals surface area contributed by atoms with Crippen molar-refractivity contribution < 1.29 is 9.53 Å². The van der Waals surface area contributed by atoms with Crippen molar-refractivity contribution in [3.05, 3.63) is 47.5 Å². The molecule has 0 bridgehead atoms. The molecular weight excluding hydrogens is 358 g/mol. The molecule has 0 radical (unpaired) electrons. The third-order valence-electron chi connectivity index (χ3n) is 3.15. The van der Waals surface area contributed by atoms with Crippen molar-refractivity contribution in [2.24, 2.45) is 0 Å². The third-order valence-corrected chi connectivity index (χ3v) is 4.39. The van der Waals surface area contributed by atoms with E-state index in [1.165, 1.54) is 11.8 Å². The Balaban J connectivity index is 2.01. The van der Waals surface area contributed by atoms with Gasteiger partial charge in [-0.15, -0.1) is 11.8 Å². The smallest absolute Gasteiger partial charge is 0.243 e. The number of carbonyl (C=O) groups is 1. The number of nitrogens with zero attached hydrogens (tertiary/aromatic N) is 1. The van der Waals surface area contributed by atoms with Crippen molar-refractivity contribution in [3.8, 4) is 11.8 Å². The number of halogens is 1. The number of rotatable bonds is 8. The summed E-state index contributed by atoms with van der Waals surface area (Å²) in [7, 11) is 0. The number of para-hydroxylation sites is 2. The summed E-state index contributed by atoms with van der Waals surface area (Å²) < 4.78 is 5.52. The molecular formula is C18H18ClN3O2S. The van der Waals surface area contributed by atoms with Crippen molar-refractivity contribution in [2.45, 2.75) is 11.8 Å². The fraction of sp³-hybridized carbons (Fsp3) is 0.222. The van der Waals surface area contributed by atoms with Crippen LogP contribution in [0.25, 0.3) is 0 Å². The molecule has 1 amide bonds. The number of carbonyl (C=O) groups excluding carboxylic acids is 1. The maximum Gasteiger partial charge on any atom is 0.243 e. The van der Waals surface area contributed by atoms with Crippen LogP contribution in [0.1, 0.15) is 6.92 Å². The number of thioether (sulfide) groups is 1. The lowest BCUT2D eigenvalue weighted by Crippen LogP contribution is -2.22. The van der Waals surface area contributed by atoms with Crippen molar-refractivity contribution in [1.82, 2.24) is 0 Å². The Labute approximate surface area is 156 Å². The van der Waals surface area contributed by atoms with E-state index in [1.54, 1.807) is 18.2 Å². The second-order valence-electron chi connectivity index (χ2n) is 4.89. The van der Waals surface area contributed by atoms with Crippen molar-refractivity contribution >= 4 is 40.6 Å². The molecule has 7 heteroatoms. The van der Waals surface area contributed by atoms with E-state index in [1.807, 2.05) is 31.2 Å². The Morgan fingerprint density at radius 1 is 1.24 bits per heavy atom. The molecule has 0 atom stereocenters. The van der Waals surface area contributed by atoms with Gasteiger partial charge in [-0.1, -0.05) is 29.8 Å². The van der Waals surface area contributed by atoms with Gasteiger partial charge in [-0.25, -0.2) is 0 Å². The van der Waals surface area contributed by atoms with E-state index < -0.39 is 0 Å². The van der Waals surface area contributed by atoms with Crippen LogP contribution in [-0.4, -0.2) is 24.8 Å². The molecule has 0 aliphatic rings. The number of hydrogen-bond acceptors (Lipinski definition) is 5. The van der Waals surface area contributed by atoms with Crippen LogP contribution in [0.3, 0.4) is 0 Å². The Bertz CT molecular complexity index is 777. The highest BCUT2D eigenvalue weighted by atomic mass is 35.5. The summed E-state index contributed by atoms with van der Waals surface area (Å²) >= 11 is 7.51. The number of nitriles is 1. The second-order valence-corrected chi connectivity index (χ2v) is 6.32. The Hall–Kier alpha value is -2.36. The second kappa shape index (κ2) is 9.82. The Kier molecular flexibility index (Phi) is 7.45. The van der Waals surface area contributed by atoms with Gasteiger partial charge >= 0.3 is 0 Å². The summed E-state index contributed by atoms with van der Waals surface area (Å²) in [5, 5.41) is 15.1. The first-order valence-electron chi connectivity index (χ1n) is 7.69. The quantitative estimate of drug-likeness (QED) is 0.668. The molecule has 130 valence electrons. The molecule has 2 N–H and O–H groups in total. The molecule has 25 heavy (non-hydrogen) atoms. The molecule has 0 aromatic heterocycles. The van der Waals surface area contributed by atoms with Crippen LogP contribution < -0.4 is 15.4 Å². The number of hydrogen-bond donors (Lipinski definition) is 2. The summed E-state index contributed by atoms with van der Waals surface area (Å²) in [5.41, 5.74) is 1.35. The highest BCUT2D eigenvalue weighted by Gasteiger charge is 2.11. The number of benzene rings is 2. The van der Waals surface area contributed by atoms with Gasteiger partial charge < -0.3 is 15.4 Å². The molecule has 2 aromatic carbocycles. The lowest BCUT2D eigenvalue weighted by Gasteiger charge is -2.14. The minimum Gasteiger partial charge on any atom is -0.490 e. The summed E-state index contributed by atoms with van der Waals surface area (Å²) in [6.07, 6.45) is 0. The normalized spacial score (nSPS) is 9.96. The largest absolute Gasteiger partial charge is 0.490 e. The first kappa shape index (κ1) is 19.0. The van der Waals surface area contributed by atoms with Crippen LogP contribution in [0.2, 0.25) is 5.02 Å². The topological polar surface area (TPSA) is 74.2 Å². The maximum atomic E-state index is 12.2. The van der Waals surface area contributed by atoms with Crippen molar-refractivity contribution in [1.29, 1.82) is 5.26 Å². The van der Waals surface area contributed by atoms with Gasteiger partial charge in [0, 0.05) is 4.90 Å². The monoisotopic (exact) mass is 375 g/mol. The van der Waals surface area contributed by atoms with Crippen LogP contribution in [-0.2, 0) is 4.79 Å². The van der Waals surface area contributed by atoms with E-state index in [0.29, 0.717) is 34.5 Å². The van der Waals surface area contributed by atoms with E-state index >= 15 is 0 Å². The van der Waals surface area contributed by atoms with Gasteiger partial charge in [-0.05, 0) is 31.2 Å². The molecule has 0 saturated heterocycles. The molecule has 0 spiro atoms. The van der Waals surface area contributed by atoms with Gasteiger partial charge in [0.2, 0.25) is 5.91 Å². The molecule has 5 nitrogen and oxygen atoms in total. The lowest BCUT2D eigenvalue weighted by atomic mass is 10.3. The summed E-state index contributed by atoms with van der Waals surface area (Å²) in [6, 6.07) is 14.8. The van der Waals surface area contributed by atoms with Gasteiger partial charge in [-0.3, -0.25) is 4.79 Å². The summed E-state index contributed by atoms with van der Waals surface area (Å²) in [4.78, 5) is 13.1. The van der Waals surface area contributed by atoms with Gasteiger partial charge in [0.1, 0.15) is 0 Å². The molecule has 0 aliphatic carbocycles. The average molecular weight is 376 g/mol. The van der Waals surface area contributed by atoms with Crippen LogP contribution in [0.5, 0.6) is 5.75 Å². The van der Waals surface area contributed by atoms with E-state index in [4.69, 9.17) is 21.6 Å². The Morgan fingerprint density at radius 2 is 2.00 bits per heavy atom. The molecule has 0 saturated carbocycles. The van der Waals surface area contributed by atoms with Crippen LogP contribution in [0.15, 0.2) is 47.4 Å². The Morgan fingerprint density at radius 3 is 2.76 bits per heavy atom. The standard InChI is InChI=1S/C18H18ClN3O2S/c1-2-24-18-13(19)6-5-8-15(18)21-12-17(23)22-14-7-3-4-9-16(14)25-11-10-20/h3-9,21H,2,11-12H2,1H3,(H,22,23). The summed E-state index contributed by atoms with van der Waals surface area (Å²) in [6.45, 7) is 2.42. The van der Waals surface area contributed by atoms with Gasteiger partial charge in [0.05, 0.1) is 41.4 Å². The fourth-order valence-corrected chi connectivity index (χ4v) is 3.01. The minimum absolute atomic E-state index is 0.0671. The van der Waals surface area contributed by atoms with Crippen LogP contribution >= 0.6 is 23.4 Å². The van der Waals surface area contributed by atoms with Gasteiger partial charge in [-0.2, -0.15) is 5.26 Å². The van der Waals surface area contributed by atoms with E-state index in [-0.39, 0.29) is 12.5 Å². The third kappa shape index (κ3) is 5.59. The number of ether oxygens (including phenoxy) is 1. The van der Waals surface area contributed by atoms with Crippen LogP contribution in [0.4, 0.5) is 11.4 Å². The molecule has 2 rings (SSSR count). The zero-order valence-electron chi connectivity index (χ0n) is 13.7. The number of amides is 1. The number of anilines is 2. The van der Waals surface area contributed by atoms with Crippen molar-refractivity contribution in [3.63, 3.8) is 0 Å². The molecule has 0 fully saturated rings. The minimum atomic E-state index is -0.201. The molecule has 2 aromatic rings. The van der Waals surface area contributed by atoms with Crippen LogP contribution in [0, 0.1) is 11.3 Å². The van der Waals surface area contributed by atoms with E-state index in [2.05, 4.69) is 16.7 Å². The van der Waals surface area contributed by atoms with Gasteiger partial charge in [0.15, 0.2) is 5.75 Å². The zero-order chi connectivity index (χ0) is 18.1. The number of nitrogens with one attached hydrogen (secondary N) is 2. The fourth-order valence-electron chi connectivity index (χ4n) is 2.11. The molecule has 0 aliphatic heterocycles.